The Kier molecular flexibility index (Phi) is 1.63. The lowest BCUT2D eigenvalue weighted by atomic mass is 9.85. The van der Waals surface area contributed by atoms with Crippen molar-refractivity contribution in [3.05, 3.63) is 11.8 Å². The van der Waals surface area contributed by atoms with Crippen molar-refractivity contribution in [3.63, 3.8) is 0 Å². The van der Waals surface area contributed by atoms with Gasteiger partial charge in [-0.2, -0.15) is 5.48 Å². The van der Waals surface area contributed by atoms with Crippen LogP contribution in [0.4, 0.5) is 0 Å². The summed E-state index contributed by atoms with van der Waals surface area (Å²) in [4.78, 5) is 5.03. The highest BCUT2D eigenvalue weighted by atomic mass is 16.6. The molecule has 0 spiro atoms. The summed E-state index contributed by atoms with van der Waals surface area (Å²) in [6.07, 6.45) is 7.25. The molecule has 0 saturated heterocycles. The molecule has 0 aromatic carbocycles. The van der Waals surface area contributed by atoms with Gasteiger partial charge in [0.25, 0.3) is 0 Å². The number of rotatable bonds is 0. The van der Waals surface area contributed by atoms with Crippen molar-refractivity contribution in [2.75, 3.05) is 6.54 Å². The Bertz CT molecular complexity index is 153. The smallest absolute Gasteiger partial charge is 0.110 e. The predicted octanol–water partition coefficient (Wildman–Crippen LogP) is 1.60. The van der Waals surface area contributed by atoms with E-state index in [0.717, 1.165) is 12.5 Å². The summed E-state index contributed by atoms with van der Waals surface area (Å²) in [5, 5.41) is 0. The van der Waals surface area contributed by atoms with Crippen LogP contribution in [0.3, 0.4) is 0 Å². The molecule has 0 radical (unpaired) electrons. The van der Waals surface area contributed by atoms with Gasteiger partial charge in [0.05, 0.1) is 0 Å². The van der Waals surface area contributed by atoms with Gasteiger partial charge in [-0.25, -0.2) is 0 Å². The number of hydroxylamine groups is 1. The van der Waals surface area contributed by atoms with E-state index in [-0.39, 0.29) is 0 Å². The third kappa shape index (κ3) is 1.03. The van der Waals surface area contributed by atoms with Crippen LogP contribution in [0.25, 0.3) is 0 Å². The summed E-state index contributed by atoms with van der Waals surface area (Å²) in [7, 11) is 0. The Labute approximate surface area is 61.2 Å². The molecule has 2 aliphatic rings. The molecule has 1 aliphatic carbocycles. The highest BCUT2D eigenvalue weighted by Gasteiger charge is 2.21. The second kappa shape index (κ2) is 2.62. The van der Waals surface area contributed by atoms with Crippen molar-refractivity contribution in [2.24, 2.45) is 5.92 Å². The maximum atomic E-state index is 5.03. The first-order chi connectivity index (χ1) is 4.97. The molecule has 0 aromatic rings. The lowest BCUT2D eigenvalue weighted by molar-refractivity contribution is 0.0946. The van der Waals surface area contributed by atoms with E-state index in [2.05, 4.69) is 5.48 Å². The number of nitrogens with one attached hydrogen (secondary N) is 1. The third-order valence-electron chi connectivity index (χ3n) is 2.42. The minimum atomic E-state index is 0.780. The second-order valence-corrected chi connectivity index (χ2v) is 3.10. The van der Waals surface area contributed by atoms with E-state index in [1.165, 1.54) is 31.3 Å². The van der Waals surface area contributed by atoms with Gasteiger partial charge in [0.2, 0.25) is 0 Å². The van der Waals surface area contributed by atoms with E-state index >= 15 is 0 Å². The molecule has 1 heterocycles. The van der Waals surface area contributed by atoms with Gasteiger partial charge < -0.3 is 4.84 Å². The summed E-state index contributed by atoms with van der Waals surface area (Å²) in [6, 6.07) is 0. The molecule has 0 amide bonds. The van der Waals surface area contributed by atoms with Crippen LogP contribution < -0.4 is 5.48 Å². The molecule has 1 saturated carbocycles. The largest absolute Gasteiger partial charge is 0.417 e. The average molecular weight is 139 g/mol. The molecular formula is C8H13NO. The lowest BCUT2D eigenvalue weighted by Crippen LogP contribution is -2.29. The van der Waals surface area contributed by atoms with Crippen molar-refractivity contribution >= 4 is 0 Å². The van der Waals surface area contributed by atoms with Crippen LogP contribution in [0.15, 0.2) is 11.8 Å². The molecular weight excluding hydrogens is 126 g/mol. The van der Waals surface area contributed by atoms with Crippen molar-refractivity contribution in [2.45, 2.75) is 25.7 Å². The normalized spacial score (nSPS) is 32.0. The standard InChI is InChI=1S/C8H13NO/c1-2-4-8-6-10-9-5-7(8)3-1/h6-7,9H,1-5H2. The van der Waals surface area contributed by atoms with E-state index < -0.39 is 0 Å². The summed E-state index contributed by atoms with van der Waals surface area (Å²) in [6.45, 7) is 1.02. The zero-order valence-electron chi connectivity index (χ0n) is 6.10. The molecule has 1 aliphatic heterocycles. The van der Waals surface area contributed by atoms with Crippen LogP contribution in [0, 0.1) is 5.92 Å². The zero-order valence-corrected chi connectivity index (χ0v) is 6.10. The van der Waals surface area contributed by atoms with E-state index in [9.17, 15) is 0 Å². The summed E-state index contributed by atoms with van der Waals surface area (Å²) in [5.74, 6) is 0.780. The Morgan fingerprint density at radius 3 is 3.40 bits per heavy atom. The molecule has 1 atom stereocenters. The van der Waals surface area contributed by atoms with Crippen molar-refractivity contribution in [3.8, 4) is 0 Å². The van der Waals surface area contributed by atoms with Crippen LogP contribution in [0.2, 0.25) is 0 Å². The van der Waals surface area contributed by atoms with Crippen LogP contribution >= 0.6 is 0 Å². The number of fused-ring (bicyclic) bond motifs is 1. The van der Waals surface area contributed by atoms with E-state index in [0.29, 0.717) is 0 Å². The highest BCUT2D eigenvalue weighted by molar-refractivity contribution is 5.08. The molecule has 0 bridgehead atoms. The van der Waals surface area contributed by atoms with Gasteiger partial charge in [-0.3, -0.25) is 0 Å². The SMILES string of the molecule is C1=C2CCCCC2CNO1. The molecule has 2 nitrogen and oxygen atoms in total. The van der Waals surface area contributed by atoms with E-state index in [4.69, 9.17) is 4.84 Å². The minimum Gasteiger partial charge on any atom is -0.417 e. The van der Waals surface area contributed by atoms with Crippen molar-refractivity contribution in [1.82, 2.24) is 5.48 Å². The summed E-state index contributed by atoms with van der Waals surface area (Å²) < 4.78 is 0. The van der Waals surface area contributed by atoms with Gasteiger partial charge in [-0.05, 0) is 30.8 Å². The summed E-state index contributed by atoms with van der Waals surface area (Å²) >= 11 is 0. The topological polar surface area (TPSA) is 21.3 Å². The first-order valence-electron chi connectivity index (χ1n) is 4.04. The monoisotopic (exact) mass is 139 g/mol. The highest BCUT2D eigenvalue weighted by Crippen LogP contribution is 2.30. The van der Waals surface area contributed by atoms with Gasteiger partial charge in [0, 0.05) is 6.54 Å². The van der Waals surface area contributed by atoms with Crippen molar-refractivity contribution in [1.29, 1.82) is 0 Å². The Balaban J connectivity index is 2.08. The molecule has 10 heavy (non-hydrogen) atoms. The van der Waals surface area contributed by atoms with Gasteiger partial charge in [0.1, 0.15) is 6.26 Å². The molecule has 1 N–H and O–H groups in total. The fourth-order valence-corrected chi connectivity index (χ4v) is 1.76. The summed E-state index contributed by atoms with van der Waals surface area (Å²) in [5.41, 5.74) is 4.43. The van der Waals surface area contributed by atoms with Gasteiger partial charge in [-0.1, -0.05) is 6.42 Å². The van der Waals surface area contributed by atoms with E-state index in [1.54, 1.807) is 0 Å². The second-order valence-electron chi connectivity index (χ2n) is 3.10. The van der Waals surface area contributed by atoms with Gasteiger partial charge >= 0.3 is 0 Å². The first-order valence-corrected chi connectivity index (χ1v) is 4.04. The third-order valence-corrected chi connectivity index (χ3v) is 2.42. The van der Waals surface area contributed by atoms with Gasteiger partial charge in [-0.15, -0.1) is 0 Å². The van der Waals surface area contributed by atoms with Gasteiger partial charge in [0.15, 0.2) is 0 Å². The molecule has 0 aromatic heterocycles. The maximum absolute atomic E-state index is 5.03. The average Bonchev–Trinajstić information content (AvgIpc) is 2.05. The molecule has 2 rings (SSSR count). The minimum absolute atomic E-state index is 0.780. The van der Waals surface area contributed by atoms with E-state index in [1.807, 2.05) is 6.26 Å². The van der Waals surface area contributed by atoms with Crippen LogP contribution in [-0.2, 0) is 4.84 Å². The van der Waals surface area contributed by atoms with Crippen LogP contribution in [0.5, 0.6) is 0 Å². The molecule has 1 unspecified atom stereocenters. The Morgan fingerprint density at radius 1 is 1.50 bits per heavy atom. The Hall–Kier alpha value is -0.500. The van der Waals surface area contributed by atoms with Crippen LogP contribution in [-0.4, -0.2) is 6.54 Å². The quantitative estimate of drug-likeness (QED) is 0.550. The zero-order chi connectivity index (χ0) is 6.81. The number of hydrogen-bond donors (Lipinski definition) is 1. The van der Waals surface area contributed by atoms with Crippen molar-refractivity contribution < 1.29 is 4.84 Å². The predicted molar refractivity (Wildman–Crippen MR) is 39.1 cm³/mol. The fourth-order valence-electron chi connectivity index (χ4n) is 1.76. The fraction of sp³-hybridized carbons (Fsp3) is 0.750. The Morgan fingerprint density at radius 2 is 2.50 bits per heavy atom. The molecule has 56 valence electrons. The first kappa shape index (κ1) is 6.23. The molecule has 1 fully saturated rings. The number of hydrogen-bond acceptors (Lipinski definition) is 2. The van der Waals surface area contributed by atoms with Crippen LogP contribution in [0.1, 0.15) is 25.7 Å². The lowest BCUT2D eigenvalue weighted by Gasteiger charge is -2.28. The molecule has 2 heteroatoms. The maximum Gasteiger partial charge on any atom is 0.110 e.